The number of aryl methyl sites for hydroxylation is 1. The molecule has 1 aliphatic heterocycles. The van der Waals surface area contributed by atoms with Crippen LogP contribution < -0.4 is 16.1 Å². The van der Waals surface area contributed by atoms with Gasteiger partial charge in [-0.15, -0.1) is 0 Å². The van der Waals surface area contributed by atoms with Gasteiger partial charge in [0.1, 0.15) is 0 Å². The minimum absolute atomic E-state index is 0.175. The average Bonchev–Trinajstić information content (AvgIpc) is 2.75. The third kappa shape index (κ3) is 1.83. The maximum absolute atomic E-state index is 12.8. The van der Waals surface area contributed by atoms with Gasteiger partial charge < -0.3 is 9.47 Å². The molecule has 1 aliphatic rings. The Balaban J connectivity index is 2.47. The molecule has 0 aromatic carbocycles. The van der Waals surface area contributed by atoms with Gasteiger partial charge in [0.05, 0.1) is 0 Å². The molecule has 0 amide bonds. The van der Waals surface area contributed by atoms with Crippen LogP contribution in [0.2, 0.25) is 0 Å². The standard InChI is InChI=1S/C14H21N5O2/c1-8(2)19-12(20)10-11(17(5)14(19)21)15-13-16(4)6-9(3)7-18(10)13/h8-9H,6-7H2,1-5H3. The van der Waals surface area contributed by atoms with Crippen molar-refractivity contribution >= 4 is 17.1 Å². The molecule has 0 N–H and O–H groups in total. The molecule has 7 heteroatoms. The first kappa shape index (κ1) is 13.9. The SMILES string of the molecule is CC1CN(C)c2nc3c(c(=O)n(C(C)C)c(=O)n3C)n2C1. The first-order valence-electron chi connectivity index (χ1n) is 7.25. The molecule has 1 atom stereocenters. The first-order chi connectivity index (χ1) is 9.82. The summed E-state index contributed by atoms with van der Waals surface area (Å²) in [5.41, 5.74) is 0.440. The number of hydrogen-bond donors (Lipinski definition) is 0. The Morgan fingerprint density at radius 1 is 1.19 bits per heavy atom. The highest BCUT2D eigenvalue weighted by Crippen LogP contribution is 2.25. The summed E-state index contributed by atoms with van der Waals surface area (Å²) in [4.78, 5) is 31.7. The Labute approximate surface area is 122 Å². The van der Waals surface area contributed by atoms with E-state index in [0.29, 0.717) is 17.1 Å². The smallest absolute Gasteiger partial charge is 0.332 e. The van der Waals surface area contributed by atoms with E-state index >= 15 is 0 Å². The number of hydrogen-bond acceptors (Lipinski definition) is 4. The number of imidazole rings is 1. The van der Waals surface area contributed by atoms with Crippen LogP contribution >= 0.6 is 0 Å². The van der Waals surface area contributed by atoms with Gasteiger partial charge in [0.25, 0.3) is 5.56 Å². The molecule has 21 heavy (non-hydrogen) atoms. The summed E-state index contributed by atoms with van der Waals surface area (Å²) in [6.45, 7) is 7.49. The maximum atomic E-state index is 12.8. The van der Waals surface area contributed by atoms with E-state index in [4.69, 9.17) is 0 Å². The Hall–Kier alpha value is -2.05. The van der Waals surface area contributed by atoms with Crippen LogP contribution in [0.5, 0.6) is 0 Å². The van der Waals surface area contributed by atoms with Crippen molar-refractivity contribution in [2.24, 2.45) is 13.0 Å². The fourth-order valence-corrected chi connectivity index (χ4v) is 3.17. The second kappa shape index (κ2) is 4.47. The van der Waals surface area contributed by atoms with Crippen LogP contribution in [0, 0.1) is 5.92 Å². The average molecular weight is 291 g/mol. The van der Waals surface area contributed by atoms with Crippen LogP contribution in [0.4, 0.5) is 5.95 Å². The third-order valence-corrected chi connectivity index (χ3v) is 4.10. The molecule has 2 aromatic rings. The summed E-state index contributed by atoms with van der Waals surface area (Å²) in [6, 6.07) is -0.175. The van der Waals surface area contributed by atoms with E-state index in [2.05, 4.69) is 11.9 Å². The molecule has 0 radical (unpaired) electrons. The monoisotopic (exact) mass is 291 g/mol. The van der Waals surface area contributed by atoms with Gasteiger partial charge in [-0.1, -0.05) is 6.92 Å². The summed E-state index contributed by atoms with van der Waals surface area (Å²) in [5, 5.41) is 0. The third-order valence-electron chi connectivity index (χ3n) is 4.10. The van der Waals surface area contributed by atoms with Crippen LogP contribution in [0.1, 0.15) is 26.8 Å². The van der Waals surface area contributed by atoms with Gasteiger partial charge in [0, 0.05) is 33.2 Å². The number of anilines is 1. The van der Waals surface area contributed by atoms with Gasteiger partial charge in [-0.05, 0) is 19.8 Å². The first-order valence-corrected chi connectivity index (χ1v) is 7.25. The summed E-state index contributed by atoms with van der Waals surface area (Å²) in [6.07, 6.45) is 0. The number of nitrogens with zero attached hydrogens (tertiary/aromatic N) is 5. The molecule has 1 unspecified atom stereocenters. The van der Waals surface area contributed by atoms with Crippen molar-refractivity contribution < 1.29 is 0 Å². The molecule has 0 bridgehead atoms. The molecule has 114 valence electrons. The van der Waals surface area contributed by atoms with E-state index in [0.717, 1.165) is 19.0 Å². The second-order valence-electron chi connectivity index (χ2n) is 6.29. The van der Waals surface area contributed by atoms with E-state index in [1.165, 1.54) is 9.13 Å². The highest BCUT2D eigenvalue weighted by molar-refractivity contribution is 5.74. The molecular weight excluding hydrogens is 270 g/mol. The van der Waals surface area contributed by atoms with Crippen molar-refractivity contribution in [3.63, 3.8) is 0 Å². The van der Waals surface area contributed by atoms with E-state index in [9.17, 15) is 9.59 Å². The lowest BCUT2D eigenvalue weighted by molar-refractivity contribution is 0.448. The molecule has 2 aromatic heterocycles. The predicted molar refractivity (Wildman–Crippen MR) is 82.1 cm³/mol. The number of fused-ring (bicyclic) bond motifs is 3. The second-order valence-corrected chi connectivity index (χ2v) is 6.29. The zero-order valence-corrected chi connectivity index (χ0v) is 13.1. The minimum atomic E-state index is -0.311. The highest BCUT2D eigenvalue weighted by atomic mass is 16.2. The minimum Gasteiger partial charge on any atom is -0.345 e. The van der Waals surface area contributed by atoms with Gasteiger partial charge in [-0.2, -0.15) is 4.98 Å². The number of rotatable bonds is 1. The Bertz CT molecular complexity index is 826. The molecular formula is C14H21N5O2. The summed E-state index contributed by atoms with van der Waals surface area (Å²) in [5.74, 6) is 1.20. The van der Waals surface area contributed by atoms with Crippen molar-refractivity contribution in [1.82, 2.24) is 18.7 Å². The highest BCUT2D eigenvalue weighted by Gasteiger charge is 2.27. The quantitative estimate of drug-likeness (QED) is 0.770. The Morgan fingerprint density at radius 2 is 1.86 bits per heavy atom. The maximum Gasteiger partial charge on any atom is 0.332 e. The van der Waals surface area contributed by atoms with Gasteiger partial charge in [-0.25, -0.2) is 4.79 Å². The molecule has 3 heterocycles. The van der Waals surface area contributed by atoms with Crippen LogP contribution in [0.3, 0.4) is 0 Å². The van der Waals surface area contributed by atoms with E-state index in [-0.39, 0.29) is 17.3 Å². The molecule has 0 aliphatic carbocycles. The molecule has 0 saturated heterocycles. The predicted octanol–water partition coefficient (Wildman–Crippen LogP) is 0.563. The molecule has 3 rings (SSSR count). The van der Waals surface area contributed by atoms with Gasteiger partial charge >= 0.3 is 5.69 Å². The van der Waals surface area contributed by atoms with Crippen molar-refractivity contribution in [2.75, 3.05) is 18.5 Å². The summed E-state index contributed by atoms with van der Waals surface area (Å²) in [7, 11) is 3.64. The fraction of sp³-hybridized carbons (Fsp3) is 0.643. The number of aromatic nitrogens is 4. The molecule has 0 fully saturated rings. The van der Waals surface area contributed by atoms with Gasteiger partial charge in [0.2, 0.25) is 5.95 Å². The zero-order chi connectivity index (χ0) is 15.5. The van der Waals surface area contributed by atoms with Crippen molar-refractivity contribution in [3.05, 3.63) is 20.8 Å². The fourth-order valence-electron chi connectivity index (χ4n) is 3.17. The summed E-state index contributed by atoms with van der Waals surface area (Å²) < 4.78 is 4.72. The van der Waals surface area contributed by atoms with Crippen LogP contribution in [0.15, 0.2) is 9.59 Å². The zero-order valence-electron chi connectivity index (χ0n) is 13.1. The molecule has 0 saturated carbocycles. The van der Waals surface area contributed by atoms with Crippen LogP contribution in [-0.4, -0.2) is 32.3 Å². The van der Waals surface area contributed by atoms with Crippen LogP contribution in [-0.2, 0) is 13.6 Å². The van der Waals surface area contributed by atoms with Crippen LogP contribution in [0.25, 0.3) is 11.2 Å². The Morgan fingerprint density at radius 3 is 2.48 bits per heavy atom. The van der Waals surface area contributed by atoms with Gasteiger partial charge in [0.15, 0.2) is 11.2 Å². The van der Waals surface area contributed by atoms with E-state index in [1.54, 1.807) is 7.05 Å². The van der Waals surface area contributed by atoms with Gasteiger partial charge in [-0.3, -0.25) is 13.9 Å². The summed E-state index contributed by atoms with van der Waals surface area (Å²) >= 11 is 0. The van der Waals surface area contributed by atoms with E-state index < -0.39 is 0 Å². The molecule has 0 spiro atoms. The largest absolute Gasteiger partial charge is 0.345 e. The molecule has 7 nitrogen and oxygen atoms in total. The normalized spacial score (nSPS) is 18.6. The van der Waals surface area contributed by atoms with Crippen molar-refractivity contribution in [2.45, 2.75) is 33.4 Å². The lowest BCUT2D eigenvalue weighted by Crippen LogP contribution is -2.41. The Kier molecular flexibility index (Phi) is 2.96. The van der Waals surface area contributed by atoms with Crippen molar-refractivity contribution in [3.8, 4) is 0 Å². The topological polar surface area (TPSA) is 65.1 Å². The lowest BCUT2D eigenvalue weighted by atomic mass is 10.1. The van der Waals surface area contributed by atoms with Crippen molar-refractivity contribution in [1.29, 1.82) is 0 Å². The lowest BCUT2D eigenvalue weighted by Gasteiger charge is -2.29. The van der Waals surface area contributed by atoms with E-state index in [1.807, 2.05) is 30.4 Å².